The fourth-order valence-corrected chi connectivity index (χ4v) is 3.03. The predicted molar refractivity (Wildman–Crippen MR) is 84.4 cm³/mol. The van der Waals surface area contributed by atoms with Gasteiger partial charge in [-0.25, -0.2) is 4.98 Å². The van der Waals surface area contributed by atoms with Crippen LogP contribution in [0, 0.1) is 0 Å². The highest BCUT2D eigenvalue weighted by Crippen LogP contribution is 2.24. The number of halogens is 1. The number of nitrogens with zero attached hydrogens (tertiary/aromatic N) is 2. The molecule has 2 rings (SSSR count). The van der Waals surface area contributed by atoms with Crippen LogP contribution in [-0.2, 0) is 10.3 Å². The summed E-state index contributed by atoms with van der Waals surface area (Å²) in [5.41, 5.74) is -0.220. The number of fused-ring (bicyclic) bond motifs is 1. The molecule has 0 spiro atoms. The van der Waals surface area contributed by atoms with Gasteiger partial charge >= 0.3 is 5.97 Å². The summed E-state index contributed by atoms with van der Waals surface area (Å²) < 4.78 is 1.51. The van der Waals surface area contributed by atoms with Crippen LogP contribution in [0.3, 0.4) is 0 Å². The Balaban J connectivity index is 2.74. The monoisotopic (exact) mass is 326 g/mol. The molecule has 112 valence electrons. The lowest BCUT2D eigenvalue weighted by Crippen LogP contribution is -2.36. The van der Waals surface area contributed by atoms with Gasteiger partial charge < -0.3 is 5.11 Å². The van der Waals surface area contributed by atoms with E-state index >= 15 is 0 Å². The molecule has 2 aromatic rings. The number of carbonyl (C=O) groups is 1. The number of benzene rings is 1. The average Bonchev–Trinajstić information content (AvgIpc) is 2.35. The van der Waals surface area contributed by atoms with Crippen LogP contribution >= 0.6 is 23.4 Å². The number of carboxylic acid groups (broad SMARTS) is 1. The van der Waals surface area contributed by atoms with Crippen LogP contribution in [0.1, 0.15) is 20.8 Å². The second-order valence-corrected chi connectivity index (χ2v) is 6.93. The maximum absolute atomic E-state index is 12.7. The van der Waals surface area contributed by atoms with Gasteiger partial charge in [0.25, 0.3) is 5.56 Å². The number of hydrogen-bond donors (Lipinski definition) is 1. The summed E-state index contributed by atoms with van der Waals surface area (Å²) in [7, 11) is 0. The van der Waals surface area contributed by atoms with Crippen molar-refractivity contribution < 1.29 is 9.90 Å². The molecule has 5 nitrogen and oxygen atoms in total. The smallest absolute Gasteiger partial charge is 0.313 e. The molecule has 1 aromatic carbocycles. The lowest BCUT2D eigenvalue weighted by Gasteiger charge is -2.25. The van der Waals surface area contributed by atoms with Crippen molar-refractivity contribution in [3.63, 3.8) is 0 Å². The van der Waals surface area contributed by atoms with E-state index < -0.39 is 11.5 Å². The molecule has 0 radical (unpaired) electrons. The topological polar surface area (TPSA) is 72.2 Å². The molecule has 0 fully saturated rings. The van der Waals surface area contributed by atoms with Gasteiger partial charge in [0.1, 0.15) is 0 Å². The minimum atomic E-state index is -0.953. The highest BCUT2D eigenvalue weighted by Gasteiger charge is 2.22. The predicted octanol–water partition coefficient (Wildman–Crippen LogP) is 2.98. The zero-order valence-corrected chi connectivity index (χ0v) is 13.5. The Labute approximate surface area is 130 Å². The number of thioether (sulfide) groups is 1. The SMILES string of the molecule is CC(C)(C)n1c(SCC(=O)O)nc2ccc(Cl)cc2c1=O. The number of aliphatic carboxylic acids is 1. The molecule has 0 amide bonds. The van der Waals surface area contributed by atoms with E-state index in [-0.39, 0.29) is 11.3 Å². The molecule has 0 unspecified atom stereocenters. The van der Waals surface area contributed by atoms with Gasteiger partial charge in [0, 0.05) is 10.6 Å². The van der Waals surface area contributed by atoms with Crippen molar-refractivity contribution in [2.45, 2.75) is 31.5 Å². The van der Waals surface area contributed by atoms with Gasteiger partial charge in [-0.05, 0) is 39.0 Å². The number of rotatable bonds is 3. The van der Waals surface area contributed by atoms with Crippen LogP contribution in [0.4, 0.5) is 0 Å². The summed E-state index contributed by atoms with van der Waals surface area (Å²) in [5, 5.41) is 10.1. The van der Waals surface area contributed by atoms with Crippen molar-refractivity contribution >= 4 is 40.2 Å². The lowest BCUT2D eigenvalue weighted by molar-refractivity contribution is -0.133. The summed E-state index contributed by atoms with van der Waals surface area (Å²) in [5.74, 6) is -1.10. The van der Waals surface area contributed by atoms with Gasteiger partial charge in [-0.3, -0.25) is 14.2 Å². The first kappa shape index (κ1) is 15.9. The van der Waals surface area contributed by atoms with Crippen LogP contribution in [0.25, 0.3) is 10.9 Å². The molecule has 1 heterocycles. The Bertz CT molecular complexity index is 765. The molecule has 1 aromatic heterocycles. The summed E-state index contributed by atoms with van der Waals surface area (Å²) in [6, 6.07) is 4.90. The van der Waals surface area contributed by atoms with Crippen molar-refractivity contribution in [2.24, 2.45) is 0 Å². The minimum absolute atomic E-state index is 0.151. The zero-order valence-electron chi connectivity index (χ0n) is 11.9. The molecular formula is C14H15ClN2O3S. The van der Waals surface area contributed by atoms with Gasteiger partial charge in [-0.2, -0.15) is 0 Å². The maximum Gasteiger partial charge on any atom is 0.313 e. The van der Waals surface area contributed by atoms with E-state index in [1.807, 2.05) is 20.8 Å². The molecule has 0 atom stereocenters. The summed E-state index contributed by atoms with van der Waals surface area (Å²) in [4.78, 5) is 27.9. The molecule has 0 saturated heterocycles. The van der Waals surface area contributed by atoms with Gasteiger partial charge in [0.15, 0.2) is 5.16 Å². The molecule has 0 aliphatic heterocycles. The third-order valence-electron chi connectivity index (χ3n) is 2.80. The zero-order chi connectivity index (χ0) is 15.8. The van der Waals surface area contributed by atoms with E-state index in [1.165, 1.54) is 4.57 Å². The standard InChI is InChI=1S/C14H15ClN2O3S/c1-14(2,3)17-12(20)9-6-8(15)4-5-10(9)16-13(17)21-7-11(18)19/h4-6H,7H2,1-3H3,(H,18,19). The van der Waals surface area contributed by atoms with Crippen molar-refractivity contribution in [1.29, 1.82) is 0 Å². The number of aromatic nitrogens is 2. The van der Waals surface area contributed by atoms with E-state index in [0.29, 0.717) is 21.1 Å². The Morgan fingerprint density at radius 2 is 2.10 bits per heavy atom. The number of hydrogen-bond acceptors (Lipinski definition) is 4. The number of carboxylic acids is 1. The van der Waals surface area contributed by atoms with Crippen LogP contribution in [0.15, 0.2) is 28.2 Å². The average molecular weight is 327 g/mol. The van der Waals surface area contributed by atoms with Crippen LogP contribution in [-0.4, -0.2) is 26.4 Å². The highest BCUT2D eigenvalue weighted by atomic mass is 35.5. The molecule has 21 heavy (non-hydrogen) atoms. The van der Waals surface area contributed by atoms with Crippen LogP contribution in [0.5, 0.6) is 0 Å². The molecular weight excluding hydrogens is 312 g/mol. The summed E-state index contributed by atoms with van der Waals surface area (Å²) in [6.07, 6.45) is 0. The Morgan fingerprint density at radius 1 is 1.43 bits per heavy atom. The molecule has 7 heteroatoms. The quantitative estimate of drug-likeness (QED) is 0.693. The van der Waals surface area contributed by atoms with E-state index in [2.05, 4.69) is 4.98 Å². The fraction of sp³-hybridized carbons (Fsp3) is 0.357. The van der Waals surface area contributed by atoms with Gasteiger partial charge in [-0.1, -0.05) is 23.4 Å². The van der Waals surface area contributed by atoms with Gasteiger partial charge in [0.2, 0.25) is 0 Å². The first-order chi connectivity index (χ1) is 9.70. The van der Waals surface area contributed by atoms with Gasteiger partial charge in [-0.15, -0.1) is 0 Å². The van der Waals surface area contributed by atoms with Crippen LogP contribution < -0.4 is 5.56 Å². The summed E-state index contributed by atoms with van der Waals surface area (Å²) >= 11 is 6.98. The molecule has 1 N–H and O–H groups in total. The van der Waals surface area contributed by atoms with Crippen molar-refractivity contribution in [3.05, 3.63) is 33.6 Å². The van der Waals surface area contributed by atoms with E-state index in [9.17, 15) is 9.59 Å². The molecule has 0 bridgehead atoms. The van der Waals surface area contributed by atoms with Crippen LogP contribution in [0.2, 0.25) is 5.02 Å². The summed E-state index contributed by atoms with van der Waals surface area (Å²) in [6.45, 7) is 5.62. The fourth-order valence-electron chi connectivity index (χ4n) is 1.95. The normalized spacial score (nSPS) is 11.8. The highest BCUT2D eigenvalue weighted by molar-refractivity contribution is 7.99. The van der Waals surface area contributed by atoms with Crippen molar-refractivity contribution in [3.8, 4) is 0 Å². The second kappa shape index (κ2) is 5.69. The van der Waals surface area contributed by atoms with Gasteiger partial charge in [0.05, 0.1) is 16.7 Å². The Morgan fingerprint density at radius 3 is 2.67 bits per heavy atom. The largest absolute Gasteiger partial charge is 0.481 e. The first-order valence-corrected chi connectivity index (χ1v) is 7.64. The van der Waals surface area contributed by atoms with Crippen molar-refractivity contribution in [2.75, 3.05) is 5.75 Å². The third kappa shape index (κ3) is 3.39. The molecule has 0 saturated carbocycles. The maximum atomic E-state index is 12.7. The minimum Gasteiger partial charge on any atom is -0.481 e. The molecule has 0 aliphatic rings. The Hall–Kier alpha value is -1.53. The third-order valence-corrected chi connectivity index (χ3v) is 3.95. The Kier molecular flexibility index (Phi) is 4.30. The van der Waals surface area contributed by atoms with E-state index in [4.69, 9.17) is 16.7 Å². The second-order valence-electron chi connectivity index (χ2n) is 5.55. The van der Waals surface area contributed by atoms with E-state index in [0.717, 1.165) is 11.8 Å². The lowest BCUT2D eigenvalue weighted by atomic mass is 10.1. The van der Waals surface area contributed by atoms with Crippen molar-refractivity contribution in [1.82, 2.24) is 9.55 Å². The first-order valence-electron chi connectivity index (χ1n) is 6.27. The molecule has 0 aliphatic carbocycles. The van der Waals surface area contributed by atoms with E-state index in [1.54, 1.807) is 18.2 Å².